The maximum atomic E-state index is 11.0. The Hall–Kier alpha value is -1.32. The Morgan fingerprint density at radius 2 is 2.40 bits per heavy atom. The van der Waals surface area contributed by atoms with Gasteiger partial charge >= 0.3 is 5.97 Å². The van der Waals surface area contributed by atoms with E-state index < -0.39 is 5.97 Å². The Balaban J connectivity index is 2.36. The highest BCUT2D eigenvalue weighted by Crippen LogP contribution is 2.37. The predicted octanol–water partition coefficient (Wildman–Crippen LogP) is 1.86. The van der Waals surface area contributed by atoms with Crippen LogP contribution in [0.1, 0.15) is 42.6 Å². The van der Waals surface area contributed by atoms with Gasteiger partial charge in [0.25, 0.3) is 0 Å². The first-order valence-corrected chi connectivity index (χ1v) is 5.37. The summed E-state index contributed by atoms with van der Waals surface area (Å²) in [7, 11) is 0. The molecule has 2 unspecified atom stereocenters. The normalized spacial score (nSPS) is 22.1. The zero-order chi connectivity index (χ0) is 11.0. The fraction of sp³-hybridized carbons (Fsp3) is 0.636. The van der Waals surface area contributed by atoms with Crippen molar-refractivity contribution in [3.63, 3.8) is 0 Å². The summed E-state index contributed by atoms with van der Waals surface area (Å²) < 4.78 is 0. The molecule has 0 spiro atoms. The van der Waals surface area contributed by atoms with E-state index in [1.807, 2.05) is 6.92 Å². The standard InChI is InChI=1S/C11H16N2O2/c1-6(11(14)15)8-4-3-5-9-10(8)7(2)12-13-9/h6,8H,3-5H2,1-2H3,(H,12,13)(H,14,15). The molecule has 2 atom stereocenters. The highest BCUT2D eigenvalue weighted by molar-refractivity contribution is 5.71. The monoisotopic (exact) mass is 208 g/mol. The Morgan fingerprint density at radius 1 is 1.67 bits per heavy atom. The number of carboxylic acid groups (broad SMARTS) is 1. The molecule has 0 aromatic carbocycles. The molecule has 15 heavy (non-hydrogen) atoms. The van der Waals surface area contributed by atoms with Gasteiger partial charge in [-0.15, -0.1) is 0 Å². The zero-order valence-electron chi connectivity index (χ0n) is 9.08. The van der Waals surface area contributed by atoms with Crippen LogP contribution < -0.4 is 0 Å². The lowest BCUT2D eigenvalue weighted by atomic mass is 9.78. The van der Waals surface area contributed by atoms with Crippen LogP contribution in [0.4, 0.5) is 0 Å². The molecule has 1 heterocycles. The number of H-pyrrole nitrogens is 1. The van der Waals surface area contributed by atoms with Crippen molar-refractivity contribution in [1.29, 1.82) is 0 Å². The number of aromatic amines is 1. The van der Waals surface area contributed by atoms with Crippen LogP contribution in [-0.2, 0) is 11.2 Å². The molecular weight excluding hydrogens is 192 g/mol. The second-order valence-electron chi connectivity index (χ2n) is 4.33. The lowest BCUT2D eigenvalue weighted by Crippen LogP contribution is -2.22. The van der Waals surface area contributed by atoms with E-state index in [9.17, 15) is 4.79 Å². The van der Waals surface area contributed by atoms with Crippen molar-refractivity contribution in [3.8, 4) is 0 Å². The van der Waals surface area contributed by atoms with E-state index >= 15 is 0 Å². The molecule has 0 aliphatic heterocycles. The molecular formula is C11H16N2O2. The quantitative estimate of drug-likeness (QED) is 0.779. The van der Waals surface area contributed by atoms with Gasteiger partial charge in [-0.3, -0.25) is 9.89 Å². The van der Waals surface area contributed by atoms with Gasteiger partial charge in [0.1, 0.15) is 0 Å². The Bertz CT molecular complexity index is 384. The van der Waals surface area contributed by atoms with Crippen LogP contribution in [0.25, 0.3) is 0 Å². The van der Waals surface area contributed by atoms with Crippen LogP contribution in [0, 0.1) is 12.8 Å². The SMILES string of the molecule is Cc1[nH]nc2c1C(C(C)C(=O)O)CCC2. The Labute approximate surface area is 88.7 Å². The number of hydrogen-bond donors (Lipinski definition) is 2. The van der Waals surface area contributed by atoms with Crippen LogP contribution >= 0.6 is 0 Å². The minimum atomic E-state index is -0.714. The third-order valence-corrected chi connectivity index (χ3v) is 3.37. The van der Waals surface area contributed by atoms with Crippen LogP contribution in [-0.4, -0.2) is 21.3 Å². The first-order chi connectivity index (χ1) is 7.11. The van der Waals surface area contributed by atoms with Crippen LogP contribution in [0.5, 0.6) is 0 Å². The second kappa shape index (κ2) is 3.68. The van der Waals surface area contributed by atoms with Gasteiger partial charge in [-0.1, -0.05) is 6.92 Å². The van der Waals surface area contributed by atoms with Crippen molar-refractivity contribution < 1.29 is 9.90 Å². The maximum Gasteiger partial charge on any atom is 0.306 e. The number of aromatic nitrogens is 2. The number of carboxylic acids is 1. The van der Waals surface area contributed by atoms with E-state index in [1.165, 1.54) is 0 Å². The van der Waals surface area contributed by atoms with Crippen molar-refractivity contribution in [2.24, 2.45) is 5.92 Å². The largest absolute Gasteiger partial charge is 0.481 e. The van der Waals surface area contributed by atoms with E-state index in [2.05, 4.69) is 10.2 Å². The Morgan fingerprint density at radius 3 is 3.07 bits per heavy atom. The molecule has 2 N–H and O–H groups in total. The van der Waals surface area contributed by atoms with E-state index in [1.54, 1.807) is 6.92 Å². The zero-order valence-corrected chi connectivity index (χ0v) is 9.08. The summed E-state index contributed by atoms with van der Waals surface area (Å²) in [5, 5.41) is 16.2. The van der Waals surface area contributed by atoms with E-state index in [4.69, 9.17) is 5.11 Å². The highest BCUT2D eigenvalue weighted by Gasteiger charge is 2.32. The molecule has 1 aliphatic rings. The van der Waals surface area contributed by atoms with Crippen molar-refractivity contribution >= 4 is 5.97 Å². The number of carbonyl (C=O) groups is 1. The molecule has 0 saturated carbocycles. The first kappa shape index (κ1) is 10.2. The molecule has 0 bridgehead atoms. The number of fused-ring (bicyclic) bond motifs is 1. The molecule has 0 fully saturated rings. The number of hydrogen-bond acceptors (Lipinski definition) is 2. The van der Waals surface area contributed by atoms with Gasteiger partial charge in [-0.05, 0) is 31.7 Å². The van der Waals surface area contributed by atoms with Gasteiger partial charge in [-0.2, -0.15) is 5.10 Å². The molecule has 1 aliphatic carbocycles. The van der Waals surface area contributed by atoms with E-state index in [0.29, 0.717) is 0 Å². The third-order valence-electron chi connectivity index (χ3n) is 3.37. The molecule has 0 radical (unpaired) electrons. The van der Waals surface area contributed by atoms with Crippen molar-refractivity contribution in [1.82, 2.24) is 10.2 Å². The smallest absolute Gasteiger partial charge is 0.306 e. The summed E-state index contributed by atoms with van der Waals surface area (Å²) in [6.07, 6.45) is 2.98. The van der Waals surface area contributed by atoms with Gasteiger partial charge in [0.2, 0.25) is 0 Å². The molecule has 2 rings (SSSR count). The van der Waals surface area contributed by atoms with Crippen LogP contribution in [0.2, 0.25) is 0 Å². The second-order valence-corrected chi connectivity index (χ2v) is 4.33. The minimum absolute atomic E-state index is 0.130. The van der Waals surface area contributed by atoms with Gasteiger partial charge in [-0.25, -0.2) is 0 Å². The molecule has 4 nitrogen and oxygen atoms in total. The number of nitrogens with one attached hydrogen (secondary N) is 1. The summed E-state index contributed by atoms with van der Waals surface area (Å²) in [4.78, 5) is 11.0. The lowest BCUT2D eigenvalue weighted by Gasteiger charge is -2.25. The average Bonchev–Trinajstić information content (AvgIpc) is 2.59. The van der Waals surface area contributed by atoms with Crippen molar-refractivity contribution in [3.05, 3.63) is 17.0 Å². The number of nitrogens with zero attached hydrogens (tertiary/aromatic N) is 1. The Kier molecular flexibility index (Phi) is 2.50. The topological polar surface area (TPSA) is 66.0 Å². The maximum absolute atomic E-state index is 11.0. The molecule has 1 aromatic heterocycles. The number of aryl methyl sites for hydroxylation is 2. The van der Waals surface area contributed by atoms with Crippen molar-refractivity contribution in [2.75, 3.05) is 0 Å². The first-order valence-electron chi connectivity index (χ1n) is 5.37. The fourth-order valence-corrected chi connectivity index (χ4v) is 2.48. The van der Waals surface area contributed by atoms with Crippen molar-refractivity contribution in [2.45, 2.75) is 39.0 Å². The number of rotatable bonds is 2. The predicted molar refractivity (Wildman–Crippen MR) is 55.8 cm³/mol. The highest BCUT2D eigenvalue weighted by atomic mass is 16.4. The van der Waals surface area contributed by atoms with E-state index in [0.717, 1.165) is 36.2 Å². The van der Waals surface area contributed by atoms with Gasteiger partial charge in [0.05, 0.1) is 11.6 Å². The molecule has 0 saturated heterocycles. The molecule has 1 aromatic rings. The summed E-state index contributed by atoms with van der Waals surface area (Å²) >= 11 is 0. The molecule has 4 heteroatoms. The number of aliphatic carboxylic acids is 1. The average molecular weight is 208 g/mol. The summed E-state index contributed by atoms with van der Waals surface area (Å²) in [6, 6.07) is 0. The van der Waals surface area contributed by atoms with Gasteiger partial charge in [0.15, 0.2) is 0 Å². The molecule has 82 valence electrons. The van der Waals surface area contributed by atoms with Crippen LogP contribution in [0.3, 0.4) is 0 Å². The third kappa shape index (κ3) is 1.64. The van der Waals surface area contributed by atoms with Gasteiger partial charge in [0, 0.05) is 11.6 Å². The molecule has 0 amide bonds. The lowest BCUT2D eigenvalue weighted by molar-refractivity contribution is -0.142. The fourth-order valence-electron chi connectivity index (χ4n) is 2.48. The van der Waals surface area contributed by atoms with Gasteiger partial charge < -0.3 is 5.11 Å². The van der Waals surface area contributed by atoms with Crippen LogP contribution in [0.15, 0.2) is 0 Å². The summed E-state index contributed by atoms with van der Waals surface area (Å²) in [5.41, 5.74) is 3.25. The summed E-state index contributed by atoms with van der Waals surface area (Å²) in [6.45, 7) is 3.76. The minimum Gasteiger partial charge on any atom is -0.481 e. The van der Waals surface area contributed by atoms with E-state index in [-0.39, 0.29) is 11.8 Å². The summed E-state index contributed by atoms with van der Waals surface area (Å²) in [5.74, 6) is -0.904.